The molecule has 1 aromatic carbocycles. The third-order valence-corrected chi connectivity index (χ3v) is 3.97. The highest BCUT2D eigenvalue weighted by molar-refractivity contribution is 5.83. The van der Waals surface area contributed by atoms with Gasteiger partial charge >= 0.3 is 0 Å². The molecule has 2 heterocycles. The molecule has 11 heteroatoms. The van der Waals surface area contributed by atoms with Gasteiger partial charge in [-0.1, -0.05) is 0 Å². The molecule has 11 nitrogen and oxygen atoms in total. The van der Waals surface area contributed by atoms with Gasteiger partial charge in [-0.2, -0.15) is 10.1 Å². The van der Waals surface area contributed by atoms with Gasteiger partial charge in [0.25, 0.3) is 11.6 Å². The molecule has 1 aliphatic rings. The summed E-state index contributed by atoms with van der Waals surface area (Å²) >= 11 is 0. The fourth-order valence-corrected chi connectivity index (χ4v) is 2.54. The molecule has 3 rings (SSSR count). The summed E-state index contributed by atoms with van der Waals surface area (Å²) in [6.45, 7) is 4.18. The number of benzene rings is 1. The molecule has 0 aliphatic carbocycles. The van der Waals surface area contributed by atoms with E-state index in [1.54, 1.807) is 6.07 Å². The Kier molecular flexibility index (Phi) is 6.63. The van der Waals surface area contributed by atoms with Gasteiger partial charge in [0.05, 0.1) is 24.4 Å². The molecule has 1 amide bonds. The Morgan fingerprint density at radius 2 is 2.07 bits per heavy atom. The van der Waals surface area contributed by atoms with Gasteiger partial charge in [0, 0.05) is 37.0 Å². The Hall–Kier alpha value is -3.60. The van der Waals surface area contributed by atoms with Crippen molar-refractivity contribution in [2.75, 3.05) is 37.8 Å². The molecule has 1 saturated heterocycles. The van der Waals surface area contributed by atoms with Gasteiger partial charge in [-0.25, -0.2) is 10.4 Å². The third kappa shape index (κ3) is 5.94. The first-order valence-corrected chi connectivity index (χ1v) is 8.89. The number of nitro groups is 1. The number of anilines is 1. The highest BCUT2D eigenvalue weighted by atomic mass is 16.6. The molecular formula is C18H20N6O5. The van der Waals surface area contributed by atoms with Gasteiger partial charge in [0.2, 0.25) is 11.8 Å². The second-order valence-corrected chi connectivity index (χ2v) is 6.18. The zero-order valence-electron chi connectivity index (χ0n) is 15.8. The summed E-state index contributed by atoms with van der Waals surface area (Å²) in [5, 5.41) is 14.4. The number of carbonyl (C=O) groups is 1. The van der Waals surface area contributed by atoms with Crippen molar-refractivity contribution in [3.05, 3.63) is 51.7 Å². The molecule has 29 heavy (non-hydrogen) atoms. The normalized spacial score (nSPS) is 14.0. The second kappa shape index (κ2) is 9.55. The van der Waals surface area contributed by atoms with Crippen molar-refractivity contribution in [2.24, 2.45) is 5.10 Å². The Morgan fingerprint density at radius 1 is 1.34 bits per heavy atom. The van der Waals surface area contributed by atoms with Crippen molar-refractivity contribution in [2.45, 2.75) is 6.92 Å². The van der Waals surface area contributed by atoms with Crippen LogP contribution in [0.4, 0.5) is 11.6 Å². The number of nitro benzene ring substituents is 1. The molecule has 1 aromatic heterocycles. The largest absolute Gasteiger partial charge is 0.467 e. The lowest BCUT2D eigenvalue weighted by atomic mass is 10.2. The molecular weight excluding hydrogens is 380 g/mol. The summed E-state index contributed by atoms with van der Waals surface area (Å²) in [7, 11) is 0. The molecule has 1 fully saturated rings. The predicted octanol–water partition coefficient (Wildman–Crippen LogP) is 1.06. The Morgan fingerprint density at radius 3 is 2.76 bits per heavy atom. The first kappa shape index (κ1) is 20.1. The number of aromatic nitrogens is 2. The minimum absolute atomic E-state index is 0.0174. The molecule has 1 N–H and O–H groups in total. The van der Waals surface area contributed by atoms with E-state index in [1.165, 1.54) is 30.5 Å². The number of nitrogens with one attached hydrogen (secondary N) is 1. The average Bonchev–Trinajstić information content (AvgIpc) is 2.73. The lowest BCUT2D eigenvalue weighted by molar-refractivity contribution is -0.384. The molecule has 1 aliphatic heterocycles. The van der Waals surface area contributed by atoms with Crippen LogP contribution < -0.4 is 15.1 Å². The van der Waals surface area contributed by atoms with E-state index in [9.17, 15) is 14.9 Å². The van der Waals surface area contributed by atoms with Crippen LogP contribution in [0.15, 0.2) is 35.4 Å². The molecule has 0 saturated carbocycles. The summed E-state index contributed by atoms with van der Waals surface area (Å²) < 4.78 is 10.8. The standard InChI is InChI=1S/C18H20N6O5/c1-13-10-17(21-18(20-13)23-6-8-28-9-7-23)29-12-16(25)22-19-11-14-2-4-15(5-3-14)24(26)27/h2-5,10-11H,6-9,12H2,1H3,(H,22,25). The summed E-state index contributed by atoms with van der Waals surface area (Å²) in [6, 6.07) is 7.42. The number of carbonyl (C=O) groups excluding carboxylic acids is 1. The van der Waals surface area contributed by atoms with E-state index in [1.807, 2.05) is 11.8 Å². The van der Waals surface area contributed by atoms with Crippen LogP contribution in [0.1, 0.15) is 11.3 Å². The van der Waals surface area contributed by atoms with E-state index in [4.69, 9.17) is 9.47 Å². The van der Waals surface area contributed by atoms with Crippen molar-refractivity contribution in [1.82, 2.24) is 15.4 Å². The first-order valence-electron chi connectivity index (χ1n) is 8.89. The topological polar surface area (TPSA) is 132 Å². The number of ether oxygens (including phenoxy) is 2. The van der Waals surface area contributed by atoms with Crippen LogP contribution in [-0.4, -0.2) is 59.9 Å². The Balaban J connectivity index is 1.51. The minimum atomic E-state index is -0.487. The van der Waals surface area contributed by atoms with Crippen molar-refractivity contribution in [3.63, 3.8) is 0 Å². The summed E-state index contributed by atoms with van der Waals surface area (Å²) in [4.78, 5) is 32.8. The van der Waals surface area contributed by atoms with Crippen LogP contribution in [0.3, 0.4) is 0 Å². The van der Waals surface area contributed by atoms with Gasteiger partial charge in [-0.05, 0) is 24.6 Å². The van der Waals surface area contributed by atoms with Gasteiger partial charge < -0.3 is 14.4 Å². The lowest BCUT2D eigenvalue weighted by Crippen LogP contribution is -2.37. The van der Waals surface area contributed by atoms with E-state index in [0.29, 0.717) is 43.7 Å². The zero-order chi connectivity index (χ0) is 20.6. The summed E-state index contributed by atoms with van der Waals surface area (Å²) in [5.41, 5.74) is 3.65. The van der Waals surface area contributed by atoms with Crippen LogP contribution >= 0.6 is 0 Å². The maximum Gasteiger partial charge on any atom is 0.278 e. The Bertz CT molecular complexity index is 896. The van der Waals surface area contributed by atoms with Gasteiger partial charge in [0.15, 0.2) is 6.61 Å². The molecule has 0 bridgehead atoms. The maximum absolute atomic E-state index is 11.9. The second-order valence-electron chi connectivity index (χ2n) is 6.18. The molecule has 152 valence electrons. The number of amides is 1. The van der Waals surface area contributed by atoms with Crippen molar-refractivity contribution in [1.29, 1.82) is 0 Å². The first-order chi connectivity index (χ1) is 14.0. The van der Waals surface area contributed by atoms with E-state index < -0.39 is 10.8 Å². The van der Waals surface area contributed by atoms with Crippen molar-refractivity contribution < 1.29 is 19.2 Å². The number of morpholine rings is 1. The highest BCUT2D eigenvalue weighted by Gasteiger charge is 2.15. The number of aryl methyl sites for hydroxylation is 1. The molecule has 2 aromatic rings. The highest BCUT2D eigenvalue weighted by Crippen LogP contribution is 2.16. The minimum Gasteiger partial charge on any atom is -0.467 e. The third-order valence-electron chi connectivity index (χ3n) is 3.97. The number of hydrazone groups is 1. The number of rotatable bonds is 7. The van der Waals surface area contributed by atoms with Crippen LogP contribution in [0.2, 0.25) is 0 Å². The van der Waals surface area contributed by atoms with Gasteiger partial charge in [-0.15, -0.1) is 0 Å². The lowest BCUT2D eigenvalue weighted by Gasteiger charge is -2.27. The van der Waals surface area contributed by atoms with E-state index in [-0.39, 0.29) is 12.3 Å². The average molecular weight is 400 g/mol. The summed E-state index contributed by atoms with van der Waals surface area (Å²) in [6.07, 6.45) is 1.38. The molecule has 0 radical (unpaired) electrons. The van der Waals surface area contributed by atoms with Crippen LogP contribution in [0.25, 0.3) is 0 Å². The number of nitrogens with zero attached hydrogens (tertiary/aromatic N) is 5. The number of non-ortho nitro benzene ring substituents is 1. The zero-order valence-corrected chi connectivity index (χ0v) is 15.8. The van der Waals surface area contributed by atoms with Crippen molar-refractivity contribution >= 4 is 23.8 Å². The quantitative estimate of drug-likeness (QED) is 0.414. The Labute approximate surface area is 166 Å². The molecule has 0 atom stereocenters. The van der Waals surface area contributed by atoms with Crippen LogP contribution in [-0.2, 0) is 9.53 Å². The van der Waals surface area contributed by atoms with Crippen LogP contribution in [0.5, 0.6) is 5.88 Å². The summed E-state index contributed by atoms with van der Waals surface area (Å²) in [5.74, 6) is 0.376. The van der Waals surface area contributed by atoms with E-state index in [0.717, 1.165) is 5.69 Å². The van der Waals surface area contributed by atoms with Crippen molar-refractivity contribution in [3.8, 4) is 5.88 Å². The smallest absolute Gasteiger partial charge is 0.278 e. The fraction of sp³-hybridized carbons (Fsp3) is 0.333. The molecule has 0 spiro atoms. The van der Waals surface area contributed by atoms with Gasteiger partial charge in [0.1, 0.15) is 0 Å². The SMILES string of the molecule is Cc1cc(OCC(=O)NN=Cc2ccc([N+](=O)[O-])cc2)nc(N2CCOCC2)n1. The van der Waals surface area contributed by atoms with Gasteiger partial charge in [-0.3, -0.25) is 14.9 Å². The van der Waals surface area contributed by atoms with E-state index in [2.05, 4.69) is 20.5 Å². The number of hydrogen-bond donors (Lipinski definition) is 1. The maximum atomic E-state index is 11.9. The molecule has 0 unspecified atom stereocenters. The van der Waals surface area contributed by atoms with Crippen LogP contribution in [0, 0.1) is 17.0 Å². The predicted molar refractivity (Wildman–Crippen MR) is 104 cm³/mol. The van der Waals surface area contributed by atoms with E-state index >= 15 is 0 Å². The monoisotopic (exact) mass is 400 g/mol. The fourth-order valence-electron chi connectivity index (χ4n) is 2.54. The number of hydrogen-bond acceptors (Lipinski definition) is 9.